The highest BCUT2D eigenvalue weighted by Crippen LogP contribution is 2.42. The van der Waals surface area contributed by atoms with Gasteiger partial charge in [0.15, 0.2) is 0 Å². The van der Waals surface area contributed by atoms with Crippen LogP contribution in [0, 0.1) is 0 Å². The first-order valence-electron chi connectivity index (χ1n) is 14.2. The molecular weight excluding hydrogens is 498 g/mol. The Bertz CT molecular complexity index is 1730. The fraction of sp³-hybridized carbons (Fsp3) is 0.333. The summed E-state index contributed by atoms with van der Waals surface area (Å²) in [5, 5.41) is 9.38. The number of nitrogens with zero attached hydrogens (tertiary/aromatic N) is 4. The normalized spacial score (nSPS) is 16.6. The van der Waals surface area contributed by atoms with Gasteiger partial charge in [-0.2, -0.15) is 4.40 Å². The van der Waals surface area contributed by atoms with Gasteiger partial charge < -0.3 is 10.1 Å². The lowest BCUT2D eigenvalue weighted by atomic mass is 9.72. The maximum atomic E-state index is 12.6. The predicted octanol–water partition coefficient (Wildman–Crippen LogP) is 6.61. The average molecular weight is 533 g/mol. The third-order valence-electron chi connectivity index (χ3n) is 8.08. The Balaban J connectivity index is 1.31. The Labute approximate surface area is 233 Å². The van der Waals surface area contributed by atoms with Gasteiger partial charge in [0, 0.05) is 16.9 Å². The van der Waals surface area contributed by atoms with Crippen LogP contribution in [0.3, 0.4) is 0 Å². The lowest BCUT2D eigenvalue weighted by Crippen LogP contribution is -2.52. The van der Waals surface area contributed by atoms with E-state index in [9.17, 15) is 4.79 Å². The molecule has 1 N–H and O–H groups in total. The first-order chi connectivity index (χ1) is 19.3. The number of pyridine rings is 2. The molecule has 1 amide bonds. The first-order valence-corrected chi connectivity index (χ1v) is 14.2. The minimum absolute atomic E-state index is 0.368. The van der Waals surface area contributed by atoms with Gasteiger partial charge in [-0.1, -0.05) is 47.1 Å². The number of alkyl carbamates (subject to hydrolysis) is 1. The number of hydrogen-bond acceptors (Lipinski definition) is 4. The van der Waals surface area contributed by atoms with E-state index >= 15 is 0 Å². The van der Waals surface area contributed by atoms with Gasteiger partial charge in [0.25, 0.3) is 11.5 Å². The van der Waals surface area contributed by atoms with E-state index < -0.39 is 5.60 Å². The number of nitrogens with one attached hydrogen (secondary N) is 1. The molecule has 2 fully saturated rings. The molecule has 7 rings (SSSR count). The zero-order chi connectivity index (χ0) is 27.5. The molecule has 2 aliphatic rings. The Morgan fingerprint density at radius 1 is 1.02 bits per heavy atom. The molecule has 0 unspecified atom stereocenters. The molecule has 3 heterocycles. The molecule has 0 saturated heterocycles. The van der Waals surface area contributed by atoms with Crippen LogP contribution in [0.25, 0.3) is 33.4 Å². The molecule has 2 aliphatic carbocycles. The Kier molecular flexibility index (Phi) is 5.66. The van der Waals surface area contributed by atoms with Crippen molar-refractivity contribution < 1.29 is 13.9 Å². The van der Waals surface area contributed by atoms with Crippen molar-refractivity contribution in [2.24, 2.45) is 0 Å². The number of hydrogen-bond donors (Lipinski definition) is 1. The largest absolute Gasteiger partial charge is 0.444 e. The van der Waals surface area contributed by atoms with Crippen LogP contribution in [0.1, 0.15) is 70.2 Å². The van der Waals surface area contributed by atoms with Crippen LogP contribution in [0.5, 0.6) is 0 Å². The maximum absolute atomic E-state index is 12.6. The Morgan fingerprint density at radius 2 is 1.77 bits per heavy atom. The molecular formula is C33H34N5O2+. The van der Waals surface area contributed by atoms with Crippen LogP contribution in [0.15, 0.2) is 79.1 Å². The molecule has 3 aromatic heterocycles. The van der Waals surface area contributed by atoms with E-state index in [-0.39, 0.29) is 11.6 Å². The van der Waals surface area contributed by atoms with Gasteiger partial charge in [-0.15, -0.1) is 0 Å². The van der Waals surface area contributed by atoms with Crippen LogP contribution in [-0.2, 0) is 10.3 Å². The molecule has 0 spiro atoms. The average Bonchev–Trinajstić information content (AvgIpc) is 3.69. The fourth-order valence-corrected chi connectivity index (χ4v) is 5.76. The summed E-state index contributed by atoms with van der Waals surface area (Å²) in [6.07, 6.45) is 8.88. The summed E-state index contributed by atoms with van der Waals surface area (Å²) in [7, 11) is 0. The number of carbonyl (C=O) groups is 1. The van der Waals surface area contributed by atoms with Gasteiger partial charge in [-0.05, 0) is 88.3 Å². The van der Waals surface area contributed by atoms with Crippen LogP contribution >= 0.6 is 0 Å². The molecule has 0 aliphatic heterocycles. The van der Waals surface area contributed by atoms with Crippen molar-refractivity contribution in [1.82, 2.24) is 20.1 Å². The van der Waals surface area contributed by atoms with Crippen molar-refractivity contribution in [3.8, 4) is 16.8 Å². The van der Waals surface area contributed by atoms with Crippen molar-refractivity contribution in [1.29, 1.82) is 0 Å². The summed E-state index contributed by atoms with van der Waals surface area (Å²) in [5.74, 6) is 1.57. The second kappa shape index (κ2) is 9.15. The van der Waals surface area contributed by atoms with Gasteiger partial charge in [-0.3, -0.25) is 4.98 Å². The number of ether oxygens (including phenoxy) is 1. The third kappa shape index (κ3) is 4.39. The number of amides is 1. The monoisotopic (exact) mass is 532 g/mol. The third-order valence-corrected chi connectivity index (χ3v) is 8.08. The van der Waals surface area contributed by atoms with Gasteiger partial charge >= 0.3 is 6.09 Å². The summed E-state index contributed by atoms with van der Waals surface area (Å²) in [5.41, 5.74) is 5.34. The fourth-order valence-electron chi connectivity index (χ4n) is 5.76. The molecule has 5 aromatic rings. The van der Waals surface area contributed by atoms with Gasteiger partial charge in [0.05, 0.1) is 28.6 Å². The number of fused-ring (bicyclic) bond motifs is 3. The van der Waals surface area contributed by atoms with E-state index in [0.717, 1.165) is 76.9 Å². The number of carbonyl (C=O) groups excluding carboxylic acids is 1. The van der Waals surface area contributed by atoms with Crippen molar-refractivity contribution in [2.75, 3.05) is 0 Å². The van der Waals surface area contributed by atoms with Crippen LogP contribution in [-0.4, -0.2) is 26.5 Å². The van der Waals surface area contributed by atoms with Crippen LogP contribution in [0.2, 0.25) is 0 Å². The molecule has 7 nitrogen and oxygen atoms in total. The zero-order valence-corrected chi connectivity index (χ0v) is 23.2. The van der Waals surface area contributed by atoms with Gasteiger partial charge in [-0.25, -0.2) is 4.79 Å². The second-order valence-electron chi connectivity index (χ2n) is 12.2. The minimum Gasteiger partial charge on any atom is -0.444 e. The van der Waals surface area contributed by atoms with Crippen molar-refractivity contribution >= 4 is 22.6 Å². The second-order valence-corrected chi connectivity index (χ2v) is 12.2. The van der Waals surface area contributed by atoms with Gasteiger partial charge in [0.1, 0.15) is 11.3 Å². The van der Waals surface area contributed by atoms with Gasteiger partial charge in [0.2, 0.25) is 0 Å². The number of rotatable bonds is 5. The van der Waals surface area contributed by atoms with E-state index in [4.69, 9.17) is 14.8 Å². The maximum Gasteiger partial charge on any atom is 0.408 e. The Morgan fingerprint density at radius 3 is 2.42 bits per heavy atom. The summed E-state index contributed by atoms with van der Waals surface area (Å²) in [6, 6.07) is 23.2. The summed E-state index contributed by atoms with van der Waals surface area (Å²) >= 11 is 0. The van der Waals surface area contributed by atoms with Crippen molar-refractivity contribution in [2.45, 2.75) is 69.9 Å². The molecule has 2 aromatic carbocycles. The minimum atomic E-state index is -0.533. The molecule has 0 bridgehead atoms. The van der Waals surface area contributed by atoms with Crippen LogP contribution < -0.4 is 9.72 Å². The lowest BCUT2D eigenvalue weighted by Gasteiger charge is -2.43. The number of aromatic nitrogens is 4. The van der Waals surface area contributed by atoms with E-state index in [0.29, 0.717) is 5.92 Å². The highest BCUT2D eigenvalue weighted by atomic mass is 16.6. The smallest absolute Gasteiger partial charge is 0.408 e. The van der Waals surface area contributed by atoms with Crippen LogP contribution in [0.4, 0.5) is 4.79 Å². The molecule has 40 heavy (non-hydrogen) atoms. The summed E-state index contributed by atoms with van der Waals surface area (Å²) < 4.78 is 9.87. The molecule has 0 atom stereocenters. The van der Waals surface area contributed by atoms with E-state index in [1.807, 2.05) is 33.0 Å². The van der Waals surface area contributed by atoms with E-state index in [1.165, 1.54) is 0 Å². The van der Waals surface area contributed by atoms with E-state index in [1.54, 1.807) is 0 Å². The molecule has 0 radical (unpaired) electrons. The predicted molar refractivity (Wildman–Crippen MR) is 154 cm³/mol. The Hall–Kier alpha value is -4.26. The number of benzene rings is 2. The summed E-state index contributed by atoms with van der Waals surface area (Å²) in [6.45, 7) is 5.66. The molecule has 7 heteroatoms. The SMILES string of the molecule is CC(C)(C)OC(=O)NC1(c2ccc(-n3nc(C4CC4)[n+]4ccc5ncc(-c6ccccc6)cc5c34)cc2)CCC1. The van der Waals surface area contributed by atoms with E-state index in [2.05, 4.69) is 81.3 Å². The first kappa shape index (κ1) is 24.8. The highest BCUT2D eigenvalue weighted by molar-refractivity contribution is 5.92. The highest BCUT2D eigenvalue weighted by Gasteiger charge is 2.41. The molecule has 202 valence electrons. The van der Waals surface area contributed by atoms with Crippen molar-refractivity contribution in [3.05, 3.63) is 90.5 Å². The van der Waals surface area contributed by atoms with Crippen molar-refractivity contribution in [3.63, 3.8) is 0 Å². The molecule has 2 saturated carbocycles. The topological polar surface area (TPSA) is 73.1 Å². The standard InChI is InChI=1S/C33H33N5O2/c1-32(2,3)40-31(39)35-33(17-7-18-33)25-12-14-26(15-13-25)38-30-27-20-24(22-8-5-4-6-9-22)21-34-28(27)16-19-37(30)29(36-38)23-10-11-23/h4-6,8-9,12-16,19-21,23H,7,10-11,17-18H2,1-3H3/p+1. The zero-order valence-electron chi connectivity index (χ0n) is 23.2. The quantitative estimate of drug-likeness (QED) is 0.259. The summed E-state index contributed by atoms with van der Waals surface area (Å²) in [4.78, 5) is 17.5. The lowest BCUT2D eigenvalue weighted by molar-refractivity contribution is -0.521.